The zero-order chi connectivity index (χ0) is 25.1. The number of carboxylic acid groups (broad SMARTS) is 1. The molecule has 8 heteroatoms. The highest BCUT2D eigenvalue weighted by Gasteiger charge is 2.52. The first-order chi connectivity index (χ1) is 16.5. The normalized spacial score (nSPS) is 16.7. The Labute approximate surface area is 202 Å². The van der Waals surface area contributed by atoms with Crippen molar-refractivity contribution in [2.75, 3.05) is 0 Å². The number of carbonyl (C=O) groups is 2. The van der Waals surface area contributed by atoms with Gasteiger partial charge in [-0.05, 0) is 80.1 Å². The fraction of sp³-hybridized carbons (Fsp3) is 0.296. The number of aryl methyl sites for hydroxylation is 2. The number of Topliss-reactive ketones (excluding diaryl/α,β-unsaturated/α-hetero) is 1. The van der Waals surface area contributed by atoms with Crippen LogP contribution in [0.25, 0.3) is 11.3 Å². The van der Waals surface area contributed by atoms with Crippen LogP contribution in [0.5, 0.6) is 11.5 Å². The van der Waals surface area contributed by atoms with Gasteiger partial charge in [0.15, 0.2) is 11.5 Å². The van der Waals surface area contributed by atoms with Crippen LogP contribution in [0.4, 0.5) is 8.78 Å². The van der Waals surface area contributed by atoms with E-state index >= 15 is 0 Å². The van der Waals surface area contributed by atoms with Gasteiger partial charge in [0, 0.05) is 19.1 Å². The van der Waals surface area contributed by atoms with Gasteiger partial charge in [0.2, 0.25) is 0 Å². The number of aromatic nitrogens is 1. The van der Waals surface area contributed by atoms with Crippen molar-refractivity contribution in [3.05, 3.63) is 76.0 Å². The second-order valence-corrected chi connectivity index (χ2v) is 9.21. The molecule has 0 amide bonds. The molecule has 2 aromatic carbocycles. The minimum atomic E-state index is -3.71. The number of carboxylic acids is 1. The van der Waals surface area contributed by atoms with E-state index in [4.69, 9.17) is 4.98 Å². The molecule has 1 N–H and O–H groups in total. The number of alkyl halides is 2. The third-order valence-electron chi connectivity index (χ3n) is 6.87. The first-order valence-electron chi connectivity index (χ1n) is 11.2. The quantitative estimate of drug-likeness (QED) is 0.480. The predicted molar refractivity (Wildman–Crippen MR) is 125 cm³/mol. The fourth-order valence-electron chi connectivity index (χ4n) is 4.80. The molecule has 182 valence electrons. The lowest BCUT2D eigenvalue weighted by molar-refractivity contribution is -0.286. The zero-order valence-electron chi connectivity index (χ0n) is 19.4. The number of hydrogen-bond acceptors (Lipinski definition) is 5. The minimum absolute atomic E-state index is 0. The Hall–Kier alpha value is -3.81. The van der Waals surface area contributed by atoms with Crippen LogP contribution < -0.4 is 9.47 Å². The monoisotopic (exact) mass is 481 g/mol. The lowest BCUT2D eigenvalue weighted by Crippen LogP contribution is -2.26. The predicted octanol–water partition coefficient (Wildman–Crippen LogP) is 5.78. The number of fused-ring (bicyclic) bond motifs is 1. The van der Waals surface area contributed by atoms with Crippen LogP contribution in [0.2, 0.25) is 0 Å². The van der Waals surface area contributed by atoms with Crippen LogP contribution in [0.15, 0.2) is 42.5 Å². The summed E-state index contributed by atoms with van der Waals surface area (Å²) in [5.41, 5.74) is 4.39. The third-order valence-corrected chi connectivity index (χ3v) is 6.87. The van der Waals surface area contributed by atoms with Crippen molar-refractivity contribution in [1.82, 2.24) is 4.98 Å². The van der Waals surface area contributed by atoms with Crippen LogP contribution in [0, 0.1) is 20.8 Å². The van der Waals surface area contributed by atoms with Gasteiger partial charge < -0.3 is 14.6 Å². The fourth-order valence-corrected chi connectivity index (χ4v) is 4.80. The van der Waals surface area contributed by atoms with Gasteiger partial charge in [0.05, 0.1) is 16.7 Å². The standard InChI is InChI=1S/C27H23F2NO5.H2/c1-14-5-8-19(25(32)33)16(3)23(14)24-15(2)4-7-18(30-24)13-22(31)26(10-11-26)17-6-9-20-21(12-17)35-27(28,29)34-20;/h4-9,12H,10-11,13H2,1-3H3,(H,32,33);1H. The van der Waals surface area contributed by atoms with Crippen LogP contribution in [0.1, 0.15) is 52.6 Å². The van der Waals surface area contributed by atoms with Crippen molar-refractivity contribution in [3.8, 4) is 22.8 Å². The molecular formula is C27H25F2NO5. The van der Waals surface area contributed by atoms with E-state index in [1.807, 2.05) is 19.9 Å². The van der Waals surface area contributed by atoms with E-state index in [0.29, 0.717) is 35.4 Å². The molecule has 1 aliphatic heterocycles. The van der Waals surface area contributed by atoms with Gasteiger partial charge in [0.25, 0.3) is 0 Å². The molecule has 0 radical (unpaired) electrons. The van der Waals surface area contributed by atoms with Crippen molar-refractivity contribution >= 4 is 11.8 Å². The van der Waals surface area contributed by atoms with Gasteiger partial charge in [-0.15, -0.1) is 8.78 Å². The molecule has 0 atom stereocenters. The van der Waals surface area contributed by atoms with Crippen LogP contribution >= 0.6 is 0 Å². The Kier molecular flexibility index (Phi) is 5.16. The molecule has 1 saturated carbocycles. The molecule has 1 aliphatic carbocycles. The molecule has 2 aliphatic rings. The Morgan fingerprint density at radius 3 is 2.37 bits per heavy atom. The average Bonchev–Trinajstić information content (AvgIpc) is 3.52. The third kappa shape index (κ3) is 3.92. The highest BCUT2D eigenvalue weighted by molar-refractivity contribution is 5.95. The Balaban J connectivity index is 0.00000304. The Morgan fingerprint density at radius 2 is 1.69 bits per heavy atom. The number of carbonyl (C=O) groups excluding carboxylic acids is 1. The number of halogens is 2. The molecule has 1 fully saturated rings. The van der Waals surface area contributed by atoms with E-state index in [2.05, 4.69) is 9.47 Å². The summed E-state index contributed by atoms with van der Waals surface area (Å²) in [6.07, 6.45) is -2.42. The average molecular weight is 481 g/mol. The maximum atomic E-state index is 13.4. The molecule has 2 heterocycles. The van der Waals surface area contributed by atoms with Crippen molar-refractivity contribution < 1.29 is 34.4 Å². The van der Waals surface area contributed by atoms with Gasteiger partial charge in [-0.25, -0.2) is 4.79 Å². The molecule has 0 spiro atoms. The molecule has 5 rings (SSSR count). The van der Waals surface area contributed by atoms with Crippen molar-refractivity contribution in [3.63, 3.8) is 0 Å². The number of hydrogen-bond donors (Lipinski definition) is 1. The topological polar surface area (TPSA) is 85.7 Å². The smallest absolute Gasteiger partial charge is 0.478 e. The number of ether oxygens (including phenoxy) is 2. The summed E-state index contributed by atoms with van der Waals surface area (Å²) in [6.45, 7) is 5.55. The number of rotatable bonds is 6. The summed E-state index contributed by atoms with van der Waals surface area (Å²) in [5.74, 6) is -1.20. The van der Waals surface area contributed by atoms with Gasteiger partial charge in [-0.2, -0.15) is 0 Å². The first kappa shape index (κ1) is 23.0. The number of aromatic carboxylic acids is 1. The van der Waals surface area contributed by atoms with Gasteiger partial charge in [-0.1, -0.05) is 18.2 Å². The van der Waals surface area contributed by atoms with E-state index in [-0.39, 0.29) is 30.7 Å². The number of benzene rings is 2. The van der Waals surface area contributed by atoms with Crippen LogP contribution in [0.3, 0.4) is 0 Å². The Bertz CT molecular complexity index is 1400. The van der Waals surface area contributed by atoms with E-state index in [9.17, 15) is 23.5 Å². The first-order valence-corrected chi connectivity index (χ1v) is 11.2. The van der Waals surface area contributed by atoms with Gasteiger partial charge in [-0.3, -0.25) is 9.78 Å². The maximum absolute atomic E-state index is 13.4. The van der Waals surface area contributed by atoms with Gasteiger partial charge in [0.1, 0.15) is 5.78 Å². The largest absolute Gasteiger partial charge is 0.586 e. The highest BCUT2D eigenvalue weighted by Crippen LogP contribution is 2.52. The van der Waals surface area contributed by atoms with Crippen molar-refractivity contribution in [1.29, 1.82) is 0 Å². The molecule has 0 saturated heterocycles. The summed E-state index contributed by atoms with van der Waals surface area (Å²) in [4.78, 5) is 29.8. The van der Waals surface area contributed by atoms with Crippen molar-refractivity contribution in [2.45, 2.75) is 51.7 Å². The lowest BCUT2D eigenvalue weighted by atomic mass is 9.88. The molecule has 6 nitrogen and oxygen atoms in total. The highest BCUT2D eigenvalue weighted by atomic mass is 19.3. The molecule has 0 bridgehead atoms. The SMILES string of the molecule is Cc1ccc(CC(=O)C2(c3ccc4c(c3)OC(F)(F)O4)CC2)nc1-c1c(C)ccc(C(=O)O)c1C.[HH]. The number of pyridine rings is 1. The minimum Gasteiger partial charge on any atom is -0.478 e. The summed E-state index contributed by atoms with van der Waals surface area (Å²) in [7, 11) is 0. The number of ketones is 1. The zero-order valence-corrected chi connectivity index (χ0v) is 19.4. The second kappa shape index (κ2) is 7.86. The molecule has 3 aromatic rings. The Morgan fingerprint density at radius 1 is 1.00 bits per heavy atom. The van der Waals surface area contributed by atoms with E-state index in [1.165, 1.54) is 12.1 Å². The van der Waals surface area contributed by atoms with E-state index in [1.54, 1.807) is 31.2 Å². The second-order valence-electron chi connectivity index (χ2n) is 9.21. The van der Waals surface area contributed by atoms with E-state index in [0.717, 1.165) is 16.7 Å². The van der Waals surface area contributed by atoms with Crippen LogP contribution in [-0.4, -0.2) is 28.1 Å². The number of nitrogens with zero attached hydrogens (tertiary/aromatic N) is 1. The van der Waals surface area contributed by atoms with Crippen LogP contribution in [-0.2, 0) is 16.6 Å². The molecule has 1 aromatic heterocycles. The molecule has 35 heavy (non-hydrogen) atoms. The van der Waals surface area contributed by atoms with Gasteiger partial charge >= 0.3 is 12.3 Å². The van der Waals surface area contributed by atoms with Crippen molar-refractivity contribution in [2.24, 2.45) is 0 Å². The maximum Gasteiger partial charge on any atom is 0.586 e. The summed E-state index contributed by atoms with van der Waals surface area (Å²) in [6, 6.07) is 11.5. The summed E-state index contributed by atoms with van der Waals surface area (Å²) in [5, 5.41) is 9.54. The molecular weight excluding hydrogens is 456 g/mol. The molecule has 0 unspecified atom stereocenters. The lowest BCUT2D eigenvalue weighted by Gasteiger charge is -2.17. The summed E-state index contributed by atoms with van der Waals surface area (Å²) < 4.78 is 35.8. The summed E-state index contributed by atoms with van der Waals surface area (Å²) >= 11 is 0. The van der Waals surface area contributed by atoms with E-state index < -0.39 is 17.7 Å².